The maximum Gasteiger partial charge on any atom is 0.197 e. The number of hydrogen-bond acceptors (Lipinski definition) is 3. The number of fused-ring (bicyclic) bond motifs is 2. The molecule has 0 amide bonds. The highest BCUT2D eigenvalue weighted by molar-refractivity contribution is 5.61. The predicted octanol–water partition coefficient (Wildman–Crippen LogP) is 3.12. The van der Waals surface area contributed by atoms with Crippen LogP contribution in [0.2, 0.25) is 0 Å². The molecule has 2 aromatic rings. The van der Waals surface area contributed by atoms with Gasteiger partial charge in [-0.3, -0.25) is 0 Å². The summed E-state index contributed by atoms with van der Waals surface area (Å²) in [6, 6.07) is 14.2. The quantitative estimate of drug-likeness (QED) is 0.829. The Bertz CT molecular complexity index is 584. The van der Waals surface area contributed by atoms with Crippen LogP contribution in [0.5, 0.6) is 11.5 Å². The second-order valence-electron chi connectivity index (χ2n) is 4.56. The third kappa shape index (κ3) is 1.37. The van der Waals surface area contributed by atoms with Gasteiger partial charge in [-0.15, -0.1) is 0 Å². The summed E-state index contributed by atoms with van der Waals surface area (Å²) in [6.45, 7) is 0.770. The van der Waals surface area contributed by atoms with Crippen molar-refractivity contribution in [1.29, 1.82) is 0 Å². The van der Waals surface area contributed by atoms with Gasteiger partial charge in [-0.05, 0) is 18.2 Å². The van der Waals surface area contributed by atoms with Crippen molar-refractivity contribution in [3.63, 3.8) is 0 Å². The third-order valence-corrected chi connectivity index (χ3v) is 3.48. The Morgan fingerprint density at radius 1 is 1.00 bits per heavy atom. The number of para-hydroxylation sites is 2. The van der Waals surface area contributed by atoms with Crippen molar-refractivity contribution in [2.45, 2.75) is 12.6 Å². The van der Waals surface area contributed by atoms with Crippen molar-refractivity contribution >= 4 is 5.69 Å². The van der Waals surface area contributed by atoms with Gasteiger partial charge >= 0.3 is 0 Å². The average Bonchev–Trinajstić information content (AvgIpc) is 3.04. The van der Waals surface area contributed by atoms with Gasteiger partial charge in [0, 0.05) is 17.5 Å². The fraction of sp³-hybridized carbons (Fsp3) is 0.200. The first kappa shape index (κ1) is 9.83. The number of benzene rings is 2. The molecule has 1 unspecified atom stereocenters. The molecule has 0 fully saturated rings. The third-order valence-electron chi connectivity index (χ3n) is 3.48. The average molecular weight is 239 g/mol. The molecule has 18 heavy (non-hydrogen) atoms. The molecular weight excluding hydrogens is 226 g/mol. The van der Waals surface area contributed by atoms with Crippen molar-refractivity contribution in [3.8, 4) is 11.5 Å². The Morgan fingerprint density at radius 2 is 1.89 bits per heavy atom. The lowest BCUT2D eigenvalue weighted by Crippen LogP contribution is -2.12. The molecule has 4 rings (SSSR count). The minimum atomic E-state index is -0.0981. The fourth-order valence-electron chi connectivity index (χ4n) is 2.62. The van der Waals surface area contributed by atoms with Gasteiger partial charge in [0.2, 0.25) is 0 Å². The van der Waals surface area contributed by atoms with Gasteiger partial charge in [0.25, 0.3) is 0 Å². The van der Waals surface area contributed by atoms with Crippen molar-refractivity contribution in [2.75, 3.05) is 11.9 Å². The SMILES string of the molecule is c1ccc2c(c1)NC(c1cccc3c1CCO3)O2. The molecule has 0 radical (unpaired) electrons. The van der Waals surface area contributed by atoms with Gasteiger partial charge in [-0.2, -0.15) is 0 Å². The van der Waals surface area contributed by atoms with Crippen molar-refractivity contribution in [3.05, 3.63) is 53.6 Å². The topological polar surface area (TPSA) is 30.5 Å². The van der Waals surface area contributed by atoms with E-state index in [1.54, 1.807) is 0 Å². The highest BCUT2D eigenvalue weighted by Gasteiger charge is 2.27. The van der Waals surface area contributed by atoms with Gasteiger partial charge in [-0.1, -0.05) is 24.3 Å². The second-order valence-corrected chi connectivity index (χ2v) is 4.56. The lowest BCUT2D eigenvalue weighted by molar-refractivity contribution is 0.259. The van der Waals surface area contributed by atoms with E-state index in [4.69, 9.17) is 9.47 Å². The van der Waals surface area contributed by atoms with Crippen LogP contribution < -0.4 is 14.8 Å². The Morgan fingerprint density at radius 3 is 2.83 bits per heavy atom. The molecule has 2 aliphatic heterocycles. The summed E-state index contributed by atoms with van der Waals surface area (Å²) in [7, 11) is 0. The summed E-state index contributed by atoms with van der Waals surface area (Å²) in [5, 5.41) is 3.40. The van der Waals surface area contributed by atoms with E-state index in [1.807, 2.05) is 36.4 Å². The van der Waals surface area contributed by atoms with Crippen LogP contribution in [0.3, 0.4) is 0 Å². The Kier molecular flexibility index (Phi) is 2.00. The molecule has 0 aromatic heterocycles. The van der Waals surface area contributed by atoms with Crippen LogP contribution in [-0.2, 0) is 6.42 Å². The number of nitrogens with one attached hydrogen (secondary N) is 1. The Labute approximate surface area is 105 Å². The first-order chi connectivity index (χ1) is 8.92. The molecule has 0 spiro atoms. The molecule has 1 atom stereocenters. The lowest BCUT2D eigenvalue weighted by atomic mass is 10.0. The van der Waals surface area contributed by atoms with Gasteiger partial charge < -0.3 is 14.8 Å². The van der Waals surface area contributed by atoms with E-state index in [-0.39, 0.29) is 6.23 Å². The summed E-state index contributed by atoms with van der Waals surface area (Å²) in [5.74, 6) is 1.91. The van der Waals surface area contributed by atoms with Crippen molar-refractivity contribution in [2.24, 2.45) is 0 Å². The summed E-state index contributed by atoms with van der Waals surface area (Å²) in [5.41, 5.74) is 3.50. The number of hydrogen-bond donors (Lipinski definition) is 1. The molecule has 0 saturated heterocycles. The molecule has 2 aromatic carbocycles. The van der Waals surface area contributed by atoms with Crippen LogP contribution in [0.25, 0.3) is 0 Å². The van der Waals surface area contributed by atoms with E-state index >= 15 is 0 Å². The smallest absolute Gasteiger partial charge is 0.197 e. The molecule has 2 heterocycles. The summed E-state index contributed by atoms with van der Waals surface area (Å²) >= 11 is 0. The molecule has 2 aliphatic rings. The molecular formula is C15H13NO2. The van der Waals surface area contributed by atoms with Crippen LogP contribution in [-0.4, -0.2) is 6.61 Å². The molecule has 3 heteroatoms. The van der Waals surface area contributed by atoms with E-state index in [0.29, 0.717) is 0 Å². The largest absolute Gasteiger partial charge is 0.493 e. The highest BCUT2D eigenvalue weighted by Crippen LogP contribution is 2.40. The zero-order chi connectivity index (χ0) is 11.9. The fourth-order valence-corrected chi connectivity index (χ4v) is 2.62. The van der Waals surface area contributed by atoms with E-state index in [1.165, 1.54) is 11.1 Å². The van der Waals surface area contributed by atoms with Crippen LogP contribution in [0.4, 0.5) is 5.69 Å². The molecule has 0 bridgehead atoms. The summed E-state index contributed by atoms with van der Waals surface area (Å²) in [6.07, 6.45) is 0.864. The number of rotatable bonds is 1. The van der Waals surface area contributed by atoms with Crippen LogP contribution >= 0.6 is 0 Å². The maximum atomic E-state index is 5.95. The van der Waals surface area contributed by atoms with E-state index in [2.05, 4.69) is 11.4 Å². The Balaban J connectivity index is 1.73. The highest BCUT2D eigenvalue weighted by atomic mass is 16.5. The van der Waals surface area contributed by atoms with Gasteiger partial charge in [0.15, 0.2) is 6.23 Å². The van der Waals surface area contributed by atoms with Gasteiger partial charge in [0.05, 0.1) is 12.3 Å². The number of ether oxygens (including phenoxy) is 2. The minimum absolute atomic E-state index is 0.0981. The van der Waals surface area contributed by atoms with Gasteiger partial charge in [0.1, 0.15) is 11.5 Å². The normalized spacial score (nSPS) is 19.4. The van der Waals surface area contributed by atoms with Crippen LogP contribution in [0, 0.1) is 0 Å². The predicted molar refractivity (Wildman–Crippen MR) is 69.1 cm³/mol. The minimum Gasteiger partial charge on any atom is -0.493 e. The monoisotopic (exact) mass is 239 g/mol. The van der Waals surface area contributed by atoms with Crippen molar-refractivity contribution < 1.29 is 9.47 Å². The lowest BCUT2D eigenvalue weighted by Gasteiger charge is -2.14. The van der Waals surface area contributed by atoms with Crippen molar-refractivity contribution in [1.82, 2.24) is 0 Å². The standard InChI is InChI=1S/C15H13NO2/c1-2-6-14-12(5-1)16-15(18-14)11-4-3-7-13-10(11)8-9-17-13/h1-7,15-16H,8-9H2. The van der Waals surface area contributed by atoms with Crippen LogP contribution in [0.1, 0.15) is 17.4 Å². The Hall–Kier alpha value is -2.16. The maximum absolute atomic E-state index is 5.95. The van der Waals surface area contributed by atoms with E-state index in [0.717, 1.165) is 30.2 Å². The zero-order valence-electron chi connectivity index (χ0n) is 9.85. The van der Waals surface area contributed by atoms with Crippen LogP contribution in [0.15, 0.2) is 42.5 Å². The molecule has 0 saturated carbocycles. The summed E-state index contributed by atoms with van der Waals surface area (Å²) in [4.78, 5) is 0. The molecule has 3 nitrogen and oxygen atoms in total. The second kappa shape index (κ2) is 3.67. The van der Waals surface area contributed by atoms with E-state index < -0.39 is 0 Å². The molecule has 1 N–H and O–H groups in total. The molecule has 90 valence electrons. The first-order valence-corrected chi connectivity index (χ1v) is 6.18. The molecule has 0 aliphatic carbocycles. The van der Waals surface area contributed by atoms with E-state index in [9.17, 15) is 0 Å². The first-order valence-electron chi connectivity index (χ1n) is 6.18. The number of anilines is 1. The zero-order valence-corrected chi connectivity index (χ0v) is 9.85. The summed E-state index contributed by atoms with van der Waals surface area (Å²) < 4.78 is 11.5. The van der Waals surface area contributed by atoms with Gasteiger partial charge in [-0.25, -0.2) is 0 Å².